The van der Waals surface area contributed by atoms with Crippen LogP contribution in [0.2, 0.25) is 0 Å². The number of benzene rings is 9. The maximum absolute atomic E-state index is 12.7. The minimum Gasteiger partial charge on any atom is -0.478 e. The molecule has 15 rings (SSSR count). The van der Waals surface area contributed by atoms with Crippen molar-refractivity contribution >= 4 is 165 Å². The highest BCUT2D eigenvalue weighted by Gasteiger charge is 2.22. The van der Waals surface area contributed by atoms with Gasteiger partial charge in [-0.2, -0.15) is 4.39 Å². The third kappa shape index (κ3) is 22.4. The molecule has 0 bridgehead atoms. The van der Waals surface area contributed by atoms with Crippen LogP contribution in [-0.4, -0.2) is 119 Å². The molecule has 0 aliphatic rings. The van der Waals surface area contributed by atoms with E-state index in [4.69, 9.17) is 37.6 Å². The molecule has 0 spiro atoms. The number of nitrogen functional groups attached to an aromatic ring is 3. The molecule has 35 nitrogen and oxygen atoms in total. The Labute approximate surface area is 683 Å². The van der Waals surface area contributed by atoms with Crippen molar-refractivity contribution in [2.45, 2.75) is 0 Å². The smallest absolute Gasteiger partial charge is 0.335 e. The lowest BCUT2D eigenvalue weighted by molar-refractivity contribution is -0.387. The number of nitro benzene ring substituents is 4. The maximum atomic E-state index is 12.7. The van der Waals surface area contributed by atoms with E-state index in [9.17, 15) is 73.6 Å². The zero-order valence-electron chi connectivity index (χ0n) is 62.8. The van der Waals surface area contributed by atoms with Gasteiger partial charge in [-0.1, -0.05) is 24.3 Å². The molecule has 15 aromatic rings. The summed E-state index contributed by atoms with van der Waals surface area (Å²) in [7, 11) is 8.92. The third-order valence-electron chi connectivity index (χ3n) is 17.0. The molecule has 0 saturated carbocycles. The molecule has 6 heterocycles. The van der Waals surface area contributed by atoms with Gasteiger partial charge in [0.05, 0.1) is 117 Å². The van der Waals surface area contributed by atoms with Gasteiger partial charge < -0.3 is 72.6 Å². The zero-order valence-corrected chi connectivity index (χ0v) is 65.3. The fraction of sp³-hybridized carbons (Fsp3) is 0.0625. The fourth-order valence-electron chi connectivity index (χ4n) is 10.9. The molecule has 6 aromatic heterocycles. The average molecular weight is 1670 g/mol. The van der Waals surface area contributed by atoms with Crippen molar-refractivity contribution < 1.29 is 73.3 Å². The van der Waals surface area contributed by atoms with Crippen molar-refractivity contribution in [3.8, 4) is 31.3 Å². The Bertz CT molecular complexity index is 6310. The molecule has 0 aliphatic heterocycles. The summed E-state index contributed by atoms with van der Waals surface area (Å²) in [6, 6.07) is 53.1. The summed E-state index contributed by atoms with van der Waals surface area (Å²) >= 11 is 4.74. The number of nitro groups is 4. The Kier molecular flexibility index (Phi) is 28.8. The molecule has 0 saturated heterocycles. The quantitative estimate of drug-likeness (QED) is 0.0229. The number of carbonyl (C=O) groups excluding carboxylic acids is 2. The van der Waals surface area contributed by atoms with E-state index in [-0.39, 0.29) is 56.6 Å². The van der Waals surface area contributed by atoms with Crippen LogP contribution in [0, 0.1) is 46.3 Å². The predicted octanol–water partition coefficient (Wildman–Crippen LogP) is 16.6. The number of carbonyl (C=O) groups is 6. The van der Waals surface area contributed by atoms with Crippen LogP contribution in [0.15, 0.2) is 235 Å². The number of aromatic nitrogens is 6. The van der Waals surface area contributed by atoms with Crippen LogP contribution < -0.4 is 38.5 Å². The number of thiophene rings is 3. The molecule has 0 atom stereocenters. The fourth-order valence-corrected chi connectivity index (χ4v) is 13.1. The van der Waals surface area contributed by atoms with Gasteiger partial charge in [-0.15, -0.1) is 34.0 Å². The summed E-state index contributed by atoms with van der Waals surface area (Å²) in [5.74, 6) is -6.08. The van der Waals surface area contributed by atoms with Gasteiger partial charge in [-0.3, -0.25) is 50.0 Å². The second-order valence-corrected chi connectivity index (χ2v) is 27.6. The average Bonchev–Trinajstić information content (AvgIpc) is 1.66. The monoisotopic (exact) mass is 1670 g/mol. The highest BCUT2D eigenvalue weighted by Crippen LogP contribution is 2.36. The van der Waals surface area contributed by atoms with Gasteiger partial charge in [-0.25, -0.2) is 34.1 Å². The first kappa shape index (κ1) is 86.8. The molecule has 2 amide bonds. The summed E-state index contributed by atoms with van der Waals surface area (Å²) in [4.78, 5) is 123. The number of carboxylic acid groups (broad SMARTS) is 4. The summed E-state index contributed by atoms with van der Waals surface area (Å²) in [6.07, 6.45) is 5.06. The number of aromatic carboxylic acids is 4. The number of fused-ring (bicyclic) bond motifs is 3. The normalized spacial score (nSPS) is 10.3. The van der Waals surface area contributed by atoms with Crippen molar-refractivity contribution in [2.24, 2.45) is 21.1 Å². The Morgan fingerprint density at radius 1 is 0.370 bits per heavy atom. The number of nitrogens with zero attached hydrogens (tertiary/aromatic N) is 10. The standard InChI is InChI=1S/C19H14N4O3S.C19H16N4OS.C10H8N2O2S.C9H8N2O2.C8H8N2O4.C8H10N2O2.C7H4FNO4/c1-22-11-20-14-10-13(5-6-16(14)22)19(24)21-15-9-12(18-3-2-8-27-18)4-7-17(15)23(25)26;1-23-11-21-16-10-13(5-7-17(16)23)19(24)22-15-9-12(4-6-14(15)20)18-3-2-8-25-18;11-8-6-7(10-2-1-5-15-10)3-4-9(8)12(13)14;1-11-5-10-7-4-6(9(12)13)2-3-8(7)11;1-9-6-3-2-5(8(11)12)4-7(6)10(13)14;1-10-7-3-2-5(8(11)12)4-6(7)9;8-5-2-1-4(7(10)11)3-6(5)9(12)13/h2-11H,1H3,(H,21,24);2-11H,20H2,1H3,(H,22,24);1-6H,11H2;2-5H,1H3,(H,12,13);2-4,9H,1H3,(H,11,12);2-4,10H,9H2,1H3,(H,11,12);1-3H,(H,10,11). The van der Waals surface area contributed by atoms with Gasteiger partial charge in [0, 0.05) is 85.3 Å². The predicted molar refractivity (Wildman–Crippen MR) is 453 cm³/mol. The molecule has 9 aromatic carbocycles. The Morgan fingerprint density at radius 2 is 0.723 bits per heavy atom. The summed E-state index contributed by atoms with van der Waals surface area (Å²) in [6.45, 7) is 0. The van der Waals surface area contributed by atoms with Gasteiger partial charge in [0.25, 0.3) is 28.9 Å². The summed E-state index contributed by atoms with van der Waals surface area (Å²) in [5, 5.41) is 93.9. The number of imidazole rings is 3. The first-order valence-electron chi connectivity index (χ1n) is 34.3. The van der Waals surface area contributed by atoms with E-state index in [2.05, 4.69) is 36.2 Å². The molecule has 0 fully saturated rings. The van der Waals surface area contributed by atoms with Crippen molar-refractivity contribution in [2.75, 3.05) is 52.6 Å². The zero-order chi connectivity index (χ0) is 86.5. The number of nitrogens with one attached hydrogen (secondary N) is 4. The Balaban J connectivity index is 0.000000162. The van der Waals surface area contributed by atoms with E-state index in [0.29, 0.717) is 51.0 Å². The second kappa shape index (κ2) is 39.5. The van der Waals surface area contributed by atoms with Crippen LogP contribution in [0.25, 0.3) is 64.4 Å². The largest absolute Gasteiger partial charge is 0.478 e. The second-order valence-electron chi connectivity index (χ2n) is 24.8. The first-order chi connectivity index (χ1) is 56.7. The van der Waals surface area contributed by atoms with Crippen LogP contribution in [-0.2, 0) is 21.1 Å². The van der Waals surface area contributed by atoms with Crippen LogP contribution in [0.1, 0.15) is 62.1 Å². The lowest BCUT2D eigenvalue weighted by atomic mass is 10.1. The molecule has 39 heteroatoms. The molecule has 119 heavy (non-hydrogen) atoms. The maximum Gasteiger partial charge on any atom is 0.335 e. The van der Waals surface area contributed by atoms with Crippen molar-refractivity contribution in [3.05, 3.63) is 315 Å². The minimum atomic E-state index is -1.33. The molecule has 0 unspecified atom stereocenters. The minimum absolute atomic E-state index is 0.0460. The number of nitrogens with two attached hydrogens (primary N) is 3. The Hall–Kier alpha value is -16.2. The number of rotatable bonds is 17. The van der Waals surface area contributed by atoms with Gasteiger partial charge in [-0.05, 0) is 184 Å². The van der Waals surface area contributed by atoms with Crippen LogP contribution in [0.3, 0.4) is 0 Å². The molecule has 0 aliphatic carbocycles. The van der Waals surface area contributed by atoms with Crippen LogP contribution in [0.4, 0.5) is 67.0 Å². The number of anilines is 7. The molecular weight excluding hydrogens is 1600 g/mol. The van der Waals surface area contributed by atoms with E-state index in [1.54, 1.807) is 128 Å². The summed E-state index contributed by atoms with van der Waals surface area (Å²) in [5.41, 5.74) is 27.6. The number of carboxylic acids is 4. The molecule has 606 valence electrons. The Morgan fingerprint density at radius 3 is 1.13 bits per heavy atom. The van der Waals surface area contributed by atoms with Crippen molar-refractivity contribution in [1.29, 1.82) is 0 Å². The molecular formula is C80H68FN17O18S3. The SMILES string of the molecule is CNc1ccc(C(=O)O)cc1N.CNc1ccc(C(=O)O)cc1[N+](=O)[O-].Cn1cnc2cc(C(=O)Nc3cc(-c4cccs4)ccc3N)ccc21.Cn1cnc2cc(C(=O)Nc3cc(-c4cccs4)ccc3[N+](=O)[O-])ccc21.Cn1cnc2cc(C(=O)O)ccc21.Nc1cc(-c2cccs2)ccc1[N+](=O)[O-].O=C(O)c1ccc(F)c([N+](=O)[O-])c1. The van der Waals surface area contributed by atoms with E-state index in [1.807, 2.05) is 112 Å². The van der Waals surface area contributed by atoms with Gasteiger partial charge >= 0.3 is 29.6 Å². The van der Waals surface area contributed by atoms with Gasteiger partial charge in [0.1, 0.15) is 17.1 Å². The number of aryl methyl sites for hydroxylation is 3. The summed E-state index contributed by atoms with van der Waals surface area (Å²) < 4.78 is 18.3. The van der Waals surface area contributed by atoms with Crippen molar-refractivity contribution in [1.82, 2.24) is 28.7 Å². The van der Waals surface area contributed by atoms with Crippen molar-refractivity contribution in [3.63, 3.8) is 0 Å². The van der Waals surface area contributed by atoms with E-state index >= 15 is 0 Å². The van der Waals surface area contributed by atoms with Crippen LogP contribution in [0.5, 0.6) is 0 Å². The first-order valence-corrected chi connectivity index (χ1v) is 37.0. The van der Waals surface area contributed by atoms with E-state index in [0.717, 1.165) is 77.3 Å². The number of amides is 2. The number of hydrogen-bond donors (Lipinski definition) is 11. The van der Waals surface area contributed by atoms with Gasteiger partial charge in [0.2, 0.25) is 5.82 Å². The lowest BCUT2D eigenvalue weighted by Gasteiger charge is -2.10. The highest BCUT2D eigenvalue weighted by atomic mass is 32.1. The van der Waals surface area contributed by atoms with E-state index in [1.165, 1.54) is 54.8 Å². The highest BCUT2D eigenvalue weighted by molar-refractivity contribution is 7.14. The number of halogens is 1. The number of hydrogen-bond acceptors (Lipinski definition) is 25. The third-order valence-corrected chi connectivity index (χ3v) is 19.8. The molecule has 14 N–H and O–H groups in total. The van der Waals surface area contributed by atoms with Crippen LogP contribution >= 0.6 is 34.0 Å². The topological polar surface area (TPSA) is 536 Å². The molecule has 0 radical (unpaired) electrons. The van der Waals surface area contributed by atoms with E-state index < -0.39 is 61.0 Å². The van der Waals surface area contributed by atoms with Gasteiger partial charge in [0.15, 0.2) is 0 Å². The lowest BCUT2D eigenvalue weighted by Crippen LogP contribution is -2.13.